The van der Waals surface area contributed by atoms with E-state index in [-0.39, 0.29) is 18.1 Å². The van der Waals surface area contributed by atoms with Crippen LogP contribution in [0.5, 0.6) is 0 Å². The third-order valence-corrected chi connectivity index (χ3v) is 4.17. The highest BCUT2D eigenvalue weighted by Crippen LogP contribution is 2.22. The van der Waals surface area contributed by atoms with E-state index in [2.05, 4.69) is 18.9 Å². The first-order chi connectivity index (χ1) is 10.8. The highest BCUT2D eigenvalue weighted by Gasteiger charge is 2.24. The van der Waals surface area contributed by atoms with E-state index in [1.807, 2.05) is 25.7 Å². The smallest absolute Gasteiger partial charge is 0.246 e. The lowest BCUT2D eigenvalue weighted by atomic mass is 10.2. The maximum absolute atomic E-state index is 12.4. The molecule has 0 N–H and O–H groups in total. The molecule has 0 saturated carbocycles. The van der Waals surface area contributed by atoms with Crippen molar-refractivity contribution < 1.29 is 9.53 Å². The molecule has 0 unspecified atom stereocenters. The number of halogens is 1. The molecule has 23 heavy (non-hydrogen) atoms. The van der Waals surface area contributed by atoms with Gasteiger partial charge in [-0.25, -0.2) is 0 Å². The van der Waals surface area contributed by atoms with Crippen LogP contribution in [0.3, 0.4) is 0 Å². The van der Waals surface area contributed by atoms with Crippen LogP contribution in [0.15, 0.2) is 6.08 Å². The minimum Gasteiger partial charge on any atom is -0.372 e. The molecule has 1 aliphatic rings. The van der Waals surface area contributed by atoms with Crippen molar-refractivity contribution in [1.82, 2.24) is 14.7 Å². The molecule has 5 nitrogen and oxygen atoms in total. The average molecular weight is 340 g/mol. The van der Waals surface area contributed by atoms with E-state index in [9.17, 15) is 4.79 Å². The van der Waals surface area contributed by atoms with Crippen molar-refractivity contribution in [2.75, 3.05) is 13.1 Å². The highest BCUT2D eigenvalue weighted by molar-refractivity contribution is 6.31. The molecule has 0 aromatic carbocycles. The summed E-state index contributed by atoms with van der Waals surface area (Å²) in [7, 11) is 0. The number of ether oxygens (including phenoxy) is 1. The lowest BCUT2D eigenvalue weighted by Crippen LogP contribution is -2.47. The fourth-order valence-corrected chi connectivity index (χ4v) is 3.15. The van der Waals surface area contributed by atoms with Gasteiger partial charge in [0.25, 0.3) is 0 Å². The maximum atomic E-state index is 12.4. The fourth-order valence-electron chi connectivity index (χ4n) is 2.84. The maximum Gasteiger partial charge on any atom is 0.246 e. The number of hydrogen-bond acceptors (Lipinski definition) is 3. The number of amides is 1. The van der Waals surface area contributed by atoms with E-state index in [0.717, 1.165) is 17.8 Å². The molecule has 6 heteroatoms. The summed E-state index contributed by atoms with van der Waals surface area (Å²) in [6.45, 7) is 12.1. The number of nitrogens with zero attached hydrogens (tertiary/aromatic N) is 3. The molecule has 1 aromatic rings. The van der Waals surface area contributed by atoms with Crippen LogP contribution in [0.1, 0.15) is 39.0 Å². The Hall–Kier alpha value is -1.33. The molecule has 2 atom stereocenters. The van der Waals surface area contributed by atoms with Crippen LogP contribution in [0.2, 0.25) is 5.15 Å². The van der Waals surface area contributed by atoms with E-state index in [1.54, 1.807) is 16.8 Å². The van der Waals surface area contributed by atoms with E-state index in [4.69, 9.17) is 16.3 Å². The van der Waals surface area contributed by atoms with Crippen molar-refractivity contribution in [3.8, 4) is 0 Å². The van der Waals surface area contributed by atoms with E-state index in [1.165, 1.54) is 0 Å². The van der Waals surface area contributed by atoms with Crippen molar-refractivity contribution >= 4 is 23.6 Å². The molecule has 1 fully saturated rings. The second-order valence-electron chi connectivity index (χ2n) is 6.70. The number of aromatic nitrogens is 2. The van der Waals surface area contributed by atoms with Gasteiger partial charge < -0.3 is 9.64 Å². The predicted molar refractivity (Wildman–Crippen MR) is 92.4 cm³/mol. The van der Waals surface area contributed by atoms with E-state index < -0.39 is 0 Å². The zero-order chi connectivity index (χ0) is 17.1. The van der Waals surface area contributed by atoms with Gasteiger partial charge in [-0.3, -0.25) is 9.48 Å². The van der Waals surface area contributed by atoms with Gasteiger partial charge in [0.2, 0.25) is 5.91 Å². The Morgan fingerprint density at radius 2 is 2.00 bits per heavy atom. The van der Waals surface area contributed by atoms with Crippen LogP contribution >= 0.6 is 11.6 Å². The second-order valence-corrected chi connectivity index (χ2v) is 7.06. The molecule has 1 aromatic heterocycles. The number of rotatable bonds is 4. The number of carbonyl (C=O) groups is 1. The first kappa shape index (κ1) is 18.0. The summed E-state index contributed by atoms with van der Waals surface area (Å²) in [5, 5.41) is 5.04. The van der Waals surface area contributed by atoms with E-state index in [0.29, 0.717) is 24.2 Å². The summed E-state index contributed by atoms with van der Waals surface area (Å²) in [6.07, 6.45) is 3.49. The molecule has 1 aliphatic heterocycles. The van der Waals surface area contributed by atoms with Crippen LogP contribution in [-0.2, 0) is 16.1 Å². The number of carbonyl (C=O) groups excluding carboxylic acids is 1. The number of aryl methyl sites for hydroxylation is 1. The molecule has 2 heterocycles. The fraction of sp³-hybridized carbons (Fsp3) is 0.647. The molecule has 1 amide bonds. The van der Waals surface area contributed by atoms with Crippen LogP contribution in [0, 0.1) is 12.8 Å². The van der Waals surface area contributed by atoms with Crippen molar-refractivity contribution in [2.45, 2.75) is 53.4 Å². The quantitative estimate of drug-likeness (QED) is 0.792. The summed E-state index contributed by atoms with van der Waals surface area (Å²) in [6, 6.07) is 0. The summed E-state index contributed by atoms with van der Waals surface area (Å²) in [5.41, 5.74) is 1.65. The number of morpholine rings is 1. The normalized spacial score (nSPS) is 22.3. The molecule has 1 saturated heterocycles. The summed E-state index contributed by atoms with van der Waals surface area (Å²) in [4.78, 5) is 14.2. The van der Waals surface area contributed by atoms with Gasteiger partial charge in [0.15, 0.2) is 0 Å². The lowest BCUT2D eigenvalue weighted by molar-refractivity contribution is -0.137. The zero-order valence-corrected chi connectivity index (χ0v) is 15.3. The summed E-state index contributed by atoms with van der Waals surface area (Å²) >= 11 is 6.39. The topological polar surface area (TPSA) is 47.4 Å². The SMILES string of the molecule is Cc1nn(CC(C)C)c(Cl)c1/C=C/C(=O)N1C[C@@H](C)O[C@@H](C)C1. The molecular formula is C17H26ClN3O2. The van der Waals surface area contributed by atoms with Gasteiger partial charge in [-0.15, -0.1) is 0 Å². The average Bonchev–Trinajstić information content (AvgIpc) is 2.69. The van der Waals surface area contributed by atoms with Gasteiger partial charge in [-0.2, -0.15) is 5.10 Å². The van der Waals surface area contributed by atoms with E-state index >= 15 is 0 Å². The van der Waals surface area contributed by atoms with Crippen molar-refractivity contribution in [2.24, 2.45) is 5.92 Å². The Kier molecular flexibility index (Phi) is 5.87. The van der Waals surface area contributed by atoms with Gasteiger partial charge in [-0.1, -0.05) is 25.4 Å². The largest absolute Gasteiger partial charge is 0.372 e. The molecule has 0 bridgehead atoms. The standard InChI is InChI=1S/C17H26ClN3O2/c1-11(2)8-21-17(18)15(14(5)19-21)6-7-16(22)20-9-12(3)23-13(4)10-20/h6-7,11-13H,8-10H2,1-5H3/b7-6+/t12-,13+. The van der Waals surface area contributed by atoms with Crippen molar-refractivity contribution in [3.05, 3.63) is 22.5 Å². The minimum absolute atomic E-state index is 0.0147. The zero-order valence-electron chi connectivity index (χ0n) is 14.5. The molecular weight excluding hydrogens is 314 g/mol. The first-order valence-electron chi connectivity index (χ1n) is 8.13. The number of hydrogen-bond donors (Lipinski definition) is 0. The van der Waals surface area contributed by atoms with Crippen LogP contribution in [0.4, 0.5) is 0 Å². The third kappa shape index (κ3) is 4.58. The van der Waals surface area contributed by atoms with Crippen molar-refractivity contribution in [1.29, 1.82) is 0 Å². The van der Waals surface area contributed by atoms with Crippen LogP contribution in [0.25, 0.3) is 6.08 Å². The van der Waals surface area contributed by atoms with Gasteiger partial charge in [0, 0.05) is 31.3 Å². The predicted octanol–water partition coefficient (Wildman–Crippen LogP) is 3.15. The van der Waals surface area contributed by atoms with Crippen molar-refractivity contribution in [3.63, 3.8) is 0 Å². The Bertz CT molecular complexity index is 585. The Balaban J connectivity index is 2.10. The van der Waals surface area contributed by atoms with Gasteiger partial charge in [-0.05, 0) is 32.8 Å². The van der Waals surface area contributed by atoms with Crippen LogP contribution < -0.4 is 0 Å². The lowest BCUT2D eigenvalue weighted by Gasteiger charge is -2.34. The van der Waals surface area contributed by atoms with Gasteiger partial charge in [0.1, 0.15) is 5.15 Å². The Morgan fingerprint density at radius 1 is 1.39 bits per heavy atom. The molecule has 0 spiro atoms. The van der Waals surface area contributed by atoms with Gasteiger partial charge >= 0.3 is 0 Å². The summed E-state index contributed by atoms with van der Waals surface area (Å²) < 4.78 is 7.45. The molecule has 0 aliphatic carbocycles. The van der Waals surface area contributed by atoms with Gasteiger partial charge in [0.05, 0.1) is 17.9 Å². The summed E-state index contributed by atoms with van der Waals surface area (Å²) in [5.74, 6) is 0.445. The highest BCUT2D eigenvalue weighted by atomic mass is 35.5. The molecule has 0 radical (unpaired) electrons. The van der Waals surface area contributed by atoms with Crippen LogP contribution in [-0.4, -0.2) is 45.9 Å². The monoisotopic (exact) mass is 339 g/mol. The molecule has 128 valence electrons. The Labute approximate surface area is 143 Å². The third-order valence-electron chi connectivity index (χ3n) is 3.77. The minimum atomic E-state index is -0.0147. The Morgan fingerprint density at radius 3 is 2.57 bits per heavy atom. The first-order valence-corrected chi connectivity index (χ1v) is 8.51. The molecule has 2 rings (SSSR count). The second kappa shape index (κ2) is 7.49.